The monoisotopic (exact) mass is 174 g/mol. The Labute approximate surface area is 76.2 Å². The summed E-state index contributed by atoms with van der Waals surface area (Å²) >= 11 is 0. The zero-order chi connectivity index (χ0) is 9.10. The summed E-state index contributed by atoms with van der Waals surface area (Å²) in [7, 11) is 0. The number of nitrogens with two attached hydrogens (primary N) is 1. The molecular weight excluding hydrogens is 164 g/mol. The molecular formula is C10H10N2O. The van der Waals surface area contributed by atoms with E-state index in [1.807, 2.05) is 30.3 Å². The topological polar surface area (TPSA) is 52.0 Å². The minimum absolute atomic E-state index is 0.413. The average Bonchev–Trinajstić information content (AvgIpc) is 2.67. The lowest BCUT2D eigenvalue weighted by Crippen LogP contribution is -1.95. The first-order valence-electron chi connectivity index (χ1n) is 4.10. The van der Waals surface area contributed by atoms with Gasteiger partial charge in [0.1, 0.15) is 6.26 Å². The lowest BCUT2D eigenvalue weighted by molar-refractivity contribution is 0.572. The lowest BCUT2D eigenvalue weighted by Gasteiger charge is -1.91. The highest BCUT2D eigenvalue weighted by Crippen LogP contribution is 2.17. The highest BCUT2D eigenvalue weighted by atomic mass is 16.3. The smallest absolute Gasteiger partial charge is 0.226 e. The Hall–Kier alpha value is -1.61. The molecule has 0 aliphatic rings. The molecule has 1 aromatic carbocycles. The van der Waals surface area contributed by atoms with Crippen molar-refractivity contribution in [3.05, 3.63) is 42.3 Å². The van der Waals surface area contributed by atoms with Crippen molar-refractivity contribution in [2.75, 3.05) is 0 Å². The molecule has 0 aliphatic carbocycles. The van der Waals surface area contributed by atoms with Crippen LogP contribution in [0.1, 0.15) is 5.69 Å². The van der Waals surface area contributed by atoms with Gasteiger partial charge in [0.25, 0.3) is 0 Å². The van der Waals surface area contributed by atoms with Crippen LogP contribution < -0.4 is 5.73 Å². The second-order valence-corrected chi connectivity index (χ2v) is 2.71. The van der Waals surface area contributed by atoms with E-state index >= 15 is 0 Å². The van der Waals surface area contributed by atoms with Crippen molar-refractivity contribution in [2.45, 2.75) is 6.54 Å². The van der Waals surface area contributed by atoms with Gasteiger partial charge in [-0.3, -0.25) is 0 Å². The number of oxazole rings is 1. The van der Waals surface area contributed by atoms with Crippen LogP contribution in [-0.2, 0) is 6.54 Å². The van der Waals surface area contributed by atoms with E-state index in [2.05, 4.69) is 4.98 Å². The van der Waals surface area contributed by atoms with Crippen molar-refractivity contribution in [3.8, 4) is 11.5 Å². The van der Waals surface area contributed by atoms with Gasteiger partial charge in [-0.15, -0.1) is 0 Å². The molecule has 0 saturated carbocycles. The van der Waals surface area contributed by atoms with E-state index in [0.29, 0.717) is 12.4 Å². The van der Waals surface area contributed by atoms with Gasteiger partial charge < -0.3 is 10.2 Å². The predicted octanol–water partition coefficient (Wildman–Crippen LogP) is 1.80. The molecule has 0 radical (unpaired) electrons. The fourth-order valence-corrected chi connectivity index (χ4v) is 1.11. The van der Waals surface area contributed by atoms with E-state index in [0.717, 1.165) is 11.3 Å². The summed E-state index contributed by atoms with van der Waals surface area (Å²) in [5.41, 5.74) is 7.17. The first-order valence-corrected chi connectivity index (χ1v) is 4.10. The van der Waals surface area contributed by atoms with Gasteiger partial charge in [0.2, 0.25) is 5.89 Å². The quantitative estimate of drug-likeness (QED) is 0.755. The summed E-state index contributed by atoms with van der Waals surface area (Å²) in [6.07, 6.45) is 1.59. The SMILES string of the molecule is NCc1coc(-c2ccccc2)n1. The van der Waals surface area contributed by atoms with Crippen molar-refractivity contribution < 1.29 is 4.42 Å². The molecule has 0 amide bonds. The molecule has 2 N–H and O–H groups in total. The summed E-state index contributed by atoms with van der Waals surface area (Å²) in [6.45, 7) is 0.413. The van der Waals surface area contributed by atoms with E-state index in [4.69, 9.17) is 10.2 Å². The van der Waals surface area contributed by atoms with Crippen LogP contribution in [0.15, 0.2) is 41.0 Å². The predicted molar refractivity (Wildman–Crippen MR) is 49.8 cm³/mol. The zero-order valence-corrected chi connectivity index (χ0v) is 7.10. The number of benzene rings is 1. The Balaban J connectivity index is 2.36. The molecule has 0 aliphatic heterocycles. The van der Waals surface area contributed by atoms with E-state index in [9.17, 15) is 0 Å². The molecule has 2 rings (SSSR count). The largest absolute Gasteiger partial charge is 0.444 e. The van der Waals surface area contributed by atoms with Gasteiger partial charge in [-0.05, 0) is 12.1 Å². The molecule has 0 saturated heterocycles. The van der Waals surface area contributed by atoms with Gasteiger partial charge in [-0.25, -0.2) is 4.98 Å². The molecule has 1 heterocycles. The first kappa shape index (κ1) is 8.01. The van der Waals surface area contributed by atoms with E-state index < -0.39 is 0 Å². The fourth-order valence-electron chi connectivity index (χ4n) is 1.11. The molecule has 0 spiro atoms. The summed E-state index contributed by atoms with van der Waals surface area (Å²) in [6, 6.07) is 9.75. The van der Waals surface area contributed by atoms with E-state index in [1.165, 1.54) is 0 Å². The molecule has 1 aromatic heterocycles. The highest BCUT2D eigenvalue weighted by Gasteiger charge is 2.03. The summed E-state index contributed by atoms with van der Waals surface area (Å²) in [4.78, 5) is 4.21. The third-order valence-corrected chi connectivity index (χ3v) is 1.78. The van der Waals surface area contributed by atoms with Gasteiger partial charge in [-0.1, -0.05) is 18.2 Å². The fraction of sp³-hybridized carbons (Fsp3) is 0.100. The van der Waals surface area contributed by atoms with Crippen LogP contribution in [0.5, 0.6) is 0 Å². The molecule has 66 valence electrons. The molecule has 0 atom stereocenters. The Morgan fingerprint density at radius 2 is 2.00 bits per heavy atom. The number of rotatable bonds is 2. The Morgan fingerprint density at radius 3 is 2.62 bits per heavy atom. The van der Waals surface area contributed by atoms with Gasteiger partial charge >= 0.3 is 0 Å². The van der Waals surface area contributed by atoms with Crippen molar-refractivity contribution in [2.24, 2.45) is 5.73 Å². The summed E-state index contributed by atoms with van der Waals surface area (Å²) in [5.74, 6) is 0.626. The van der Waals surface area contributed by atoms with Crippen molar-refractivity contribution in [1.82, 2.24) is 4.98 Å². The Morgan fingerprint density at radius 1 is 1.23 bits per heavy atom. The van der Waals surface area contributed by atoms with Gasteiger partial charge in [0, 0.05) is 12.1 Å². The van der Waals surface area contributed by atoms with Crippen LogP contribution in [0.25, 0.3) is 11.5 Å². The zero-order valence-electron chi connectivity index (χ0n) is 7.10. The van der Waals surface area contributed by atoms with Crippen molar-refractivity contribution in [3.63, 3.8) is 0 Å². The maximum absolute atomic E-state index is 5.42. The maximum Gasteiger partial charge on any atom is 0.226 e. The van der Waals surface area contributed by atoms with Crippen LogP contribution >= 0.6 is 0 Å². The second kappa shape index (κ2) is 3.41. The molecule has 2 aromatic rings. The lowest BCUT2D eigenvalue weighted by atomic mass is 10.2. The third-order valence-electron chi connectivity index (χ3n) is 1.78. The maximum atomic E-state index is 5.42. The Bertz CT molecular complexity index is 381. The number of hydrogen-bond acceptors (Lipinski definition) is 3. The summed E-state index contributed by atoms with van der Waals surface area (Å²) < 4.78 is 5.25. The van der Waals surface area contributed by atoms with Gasteiger partial charge in [0.05, 0.1) is 5.69 Å². The molecule has 3 heteroatoms. The normalized spacial score (nSPS) is 10.2. The molecule has 13 heavy (non-hydrogen) atoms. The third kappa shape index (κ3) is 1.60. The first-order chi connectivity index (χ1) is 6.40. The van der Waals surface area contributed by atoms with Crippen molar-refractivity contribution in [1.29, 1.82) is 0 Å². The van der Waals surface area contributed by atoms with Gasteiger partial charge in [-0.2, -0.15) is 0 Å². The van der Waals surface area contributed by atoms with E-state index in [-0.39, 0.29) is 0 Å². The van der Waals surface area contributed by atoms with Crippen LogP contribution in [0, 0.1) is 0 Å². The van der Waals surface area contributed by atoms with Crippen molar-refractivity contribution >= 4 is 0 Å². The standard InChI is InChI=1S/C10H10N2O/c11-6-9-7-13-10(12-9)8-4-2-1-3-5-8/h1-5,7H,6,11H2. The van der Waals surface area contributed by atoms with Crippen LogP contribution in [-0.4, -0.2) is 4.98 Å². The number of hydrogen-bond donors (Lipinski definition) is 1. The summed E-state index contributed by atoms with van der Waals surface area (Å²) in [5, 5.41) is 0. The molecule has 0 bridgehead atoms. The number of aromatic nitrogens is 1. The molecule has 0 fully saturated rings. The average molecular weight is 174 g/mol. The molecule has 3 nitrogen and oxygen atoms in total. The van der Waals surface area contributed by atoms with E-state index in [1.54, 1.807) is 6.26 Å². The second-order valence-electron chi connectivity index (χ2n) is 2.71. The van der Waals surface area contributed by atoms with Crippen LogP contribution in [0.3, 0.4) is 0 Å². The minimum Gasteiger partial charge on any atom is -0.444 e. The Kier molecular flexibility index (Phi) is 2.10. The van der Waals surface area contributed by atoms with Crippen LogP contribution in [0.2, 0.25) is 0 Å². The van der Waals surface area contributed by atoms with Crippen LogP contribution in [0.4, 0.5) is 0 Å². The van der Waals surface area contributed by atoms with Gasteiger partial charge in [0.15, 0.2) is 0 Å². The highest BCUT2D eigenvalue weighted by molar-refractivity contribution is 5.52. The molecule has 0 unspecified atom stereocenters. The minimum atomic E-state index is 0.413. The number of nitrogens with zero attached hydrogens (tertiary/aromatic N) is 1.